The van der Waals surface area contributed by atoms with Gasteiger partial charge in [0.05, 0.1) is 6.04 Å². The molecule has 1 unspecified atom stereocenters. The first kappa shape index (κ1) is 17.1. The molecule has 1 aromatic heterocycles. The molecule has 1 saturated heterocycles. The Balaban J connectivity index is 0.00000200. The van der Waals surface area contributed by atoms with Crippen LogP contribution < -0.4 is 5.32 Å². The number of piperidine rings is 1. The topological polar surface area (TPSA) is 37.3 Å². The van der Waals surface area contributed by atoms with E-state index in [9.17, 15) is 4.79 Å². The summed E-state index contributed by atoms with van der Waals surface area (Å²) in [6, 6.07) is 2.07. The molecular formula is C15H26ClN3O. The van der Waals surface area contributed by atoms with E-state index in [-0.39, 0.29) is 24.4 Å². The average Bonchev–Trinajstić information content (AvgIpc) is 2.71. The zero-order valence-electron chi connectivity index (χ0n) is 12.7. The summed E-state index contributed by atoms with van der Waals surface area (Å²) in [4.78, 5) is 14.8. The van der Waals surface area contributed by atoms with Gasteiger partial charge in [0.15, 0.2) is 0 Å². The van der Waals surface area contributed by atoms with Crippen molar-refractivity contribution in [1.29, 1.82) is 0 Å². The van der Waals surface area contributed by atoms with Gasteiger partial charge in [0, 0.05) is 13.2 Å². The minimum atomic E-state index is 0. The van der Waals surface area contributed by atoms with Crippen molar-refractivity contribution in [2.45, 2.75) is 45.6 Å². The Labute approximate surface area is 127 Å². The Morgan fingerprint density at radius 1 is 1.45 bits per heavy atom. The van der Waals surface area contributed by atoms with E-state index in [4.69, 9.17) is 0 Å². The van der Waals surface area contributed by atoms with Crippen LogP contribution in [0.5, 0.6) is 0 Å². The standard InChI is InChI=1S/C15H25N3O.ClH/c1-4-9-18-10-6-5-7-13(18)15(19)16-14-12(2)8-11-17(14)3;/h8,11,13H,4-7,9-10H2,1-3H3,(H,16,19);1H. The smallest absolute Gasteiger partial charge is 0.242 e. The predicted octanol–water partition coefficient (Wildman–Crippen LogP) is 2.96. The molecular weight excluding hydrogens is 274 g/mol. The fourth-order valence-electron chi connectivity index (χ4n) is 2.88. The van der Waals surface area contributed by atoms with Crippen LogP contribution in [0, 0.1) is 6.92 Å². The highest BCUT2D eigenvalue weighted by atomic mass is 35.5. The van der Waals surface area contributed by atoms with Crippen molar-refractivity contribution in [3.63, 3.8) is 0 Å². The number of halogens is 1. The van der Waals surface area contributed by atoms with Gasteiger partial charge in [-0.25, -0.2) is 0 Å². The van der Waals surface area contributed by atoms with E-state index in [1.54, 1.807) is 0 Å². The third kappa shape index (κ3) is 3.76. The number of anilines is 1. The van der Waals surface area contributed by atoms with Gasteiger partial charge < -0.3 is 9.88 Å². The van der Waals surface area contributed by atoms with Crippen molar-refractivity contribution in [3.8, 4) is 0 Å². The van der Waals surface area contributed by atoms with Gasteiger partial charge in [-0.15, -0.1) is 12.4 Å². The fourth-order valence-corrected chi connectivity index (χ4v) is 2.88. The second-order valence-electron chi connectivity index (χ2n) is 5.50. The highest BCUT2D eigenvalue weighted by Gasteiger charge is 2.28. The molecule has 1 N–H and O–H groups in total. The number of carbonyl (C=O) groups excluding carboxylic acids is 1. The predicted molar refractivity (Wildman–Crippen MR) is 85.5 cm³/mol. The fraction of sp³-hybridized carbons (Fsp3) is 0.667. The van der Waals surface area contributed by atoms with Crippen LogP contribution in [0.25, 0.3) is 0 Å². The summed E-state index contributed by atoms with van der Waals surface area (Å²) >= 11 is 0. The van der Waals surface area contributed by atoms with E-state index >= 15 is 0 Å². The first-order valence-electron chi connectivity index (χ1n) is 7.30. The normalized spacial score (nSPS) is 19.4. The summed E-state index contributed by atoms with van der Waals surface area (Å²) in [6.07, 6.45) is 6.44. The van der Waals surface area contributed by atoms with Gasteiger partial charge in [0.25, 0.3) is 0 Å². The van der Waals surface area contributed by atoms with E-state index in [1.807, 2.05) is 30.8 Å². The summed E-state index contributed by atoms with van der Waals surface area (Å²) in [5.41, 5.74) is 1.12. The Bertz CT molecular complexity index is 423. The number of aryl methyl sites for hydroxylation is 2. The van der Waals surface area contributed by atoms with Gasteiger partial charge in [-0.05, 0) is 50.9 Å². The number of amides is 1. The molecule has 2 rings (SSSR count). The maximum absolute atomic E-state index is 12.5. The summed E-state index contributed by atoms with van der Waals surface area (Å²) in [7, 11) is 1.97. The van der Waals surface area contributed by atoms with Crippen LogP contribution in [-0.2, 0) is 11.8 Å². The van der Waals surface area contributed by atoms with Crippen LogP contribution in [0.15, 0.2) is 12.3 Å². The van der Waals surface area contributed by atoms with Gasteiger partial charge in [-0.2, -0.15) is 0 Å². The number of hydrogen-bond acceptors (Lipinski definition) is 2. The summed E-state index contributed by atoms with van der Waals surface area (Å²) in [6.45, 7) is 6.27. The lowest BCUT2D eigenvalue weighted by molar-refractivity contribution is -0.122. The van der Waals surface area contributed by atoms with E-state index in [0.717, 1.165) is 43.7 Å². The van der Waals surface area contributed by atoms with E-state index in [0.29, 0.717) is 0 Å². The lowest BCUT2D eigenvalue weighted by Gasteiger charge is -2.34. The highest BCUT2D eigenvalue weighted by Crippen LogP contribution is 2.20. The van der Waals surface area contributed by atoms with Crippen LogP contribution in [0.3, 0.4) is 0 Å². The Hall–Kier alpha value is -1.00. The number of nitrogens with zero attached hydrogens (tertiary/aromatic N) is 2. The average molecular weight is 300 g/mol. The largest absolute Gasteiger partial charge is 0.337 e. The lowest BCUT2D eigenvalue weighted by atomic mass is 10.0. The Kier molecular flexibility index (Phi) is 6.56. The second-order valence-corrected chi connectivity index (χ2v) is 5.50. The SMILES string of the molecule is CCCN1CCCCC1C(=O)Nc1c(C)ccn1C.Cl. The molecule has 0 aromatic carbocycles. The number of nitrogens with one attached hydrogen (secondary N) is 1. The minimum Gasteiger partial charge on any atom is -0.337 e. The van der Waals surface area contributed by atoms with Crippen molar-refractivity contribution >= 4 is 24.1 Å². The van der Waals surface area contributed by atoms with E-state index in [1.165, 1.54) is 6.42 Å². The van der Waals surface area contributed by atoms with Gasteiger partial charge in [-0.3, -0.25) is 9.69 Å². The van der Waals surface area contributed by atoms with Crippen LogP contribution >= 0.6 is 12.4 Å². The molecule has 4 nitrogen and oxygen atoms in total. The first-order valence-corrected chi connectivity index (χ1v) is 7.30. The van der Waals surface area contributed by atoms with Crippen molar-refractivity contribution in [2.24, 2.45) is 7.05 Å². The zero-order chi connectivity index (χ0) is 13.8. The molecule has 0 aliphatic carbocycles. The van der Waals surface area contributed by atoms with Crippen molar-refractivity contribution in [2.75, 3.05) is 18.4 Å². The van der Waals surface area contributed by atoms with E-state index in [2.05, 4.69) is 17.1 Å². The van der Waals surface area contributed by atoms with Gasteiger partial charge in [0.1, 0.15) is 5.82 Å². The van der Waals surface area contributed by atoms with Crippen molar-refractivity contribution in [3.05, 3.63) is 17.8 Å². The van der Waals surface area contributed by atoms with Crippen molar-refractivity contribution in [1.82, 2.24) is 9.47 Å². The van der Waals surface area contributed by atoms with E-state index < -0.39 is 0 Å². The van der Waals surface area contributed by atoms with Crippen LogP contribution in [0.2, 0.25) is 0 Å². The molecule has 1 aromatic rings. The number of aromatic nitrogens is 1. The molecule has 0 spiro atoms. The third-order valence-corrected chi connectivity index (χ3v) is 3.94. The second kappa shape index (κ2) is 7.70. The first-order chi connectivity index (χ1) is 9.13. The minimum absolute atomic E-state index is 0. The summed E-state index contributed by atoms with van der Waals surface area (Å²) in [5, 5.41) is 3.10. The van der Waals surface area contributed by atoms with Gasteiger partial charge in [0.2, 0.25) is 5.91 Å². The maximum Gasteiger partial charge on any atom is 0.242 e. The quantitative estimate of drug-likeness (QED) is 0.928. The number of likely N-dealkylation sites (tertiary alicyclic amines) is 1. The molecule has 114 valence electrons. The lowest BCUT2D eigenvalue weighted by Crippen LogP contribution is -2.47. The molecule has 1 atom stereocenters. The van der Waals surface area contributed by atoms with Crippen molar-refractivity contribution < 1.29 is 4.79 Å². The number of rotatable bonds is 4. The number of carbonyl (C=O) groups is 1. The summed E-state index contributed by atoms with van der Waals surface area (Å²) < 4.78 is 1.97. The van der Waals surface area contributed by atoms with Crippen LogP contribution in [0.4, 0.5) is 5.82 Å². The molecule has 0 saturated carbocycles. The highest BCUT2D eigenvalue weighted by molar-refractivity contribution is 5.94. The monoisotopic (exact) mass is 299 g/mol. The van der Waals surface area contributed by atoms with Gasteiger partial charge in [-0.1, -0.05) is 13.3 Å². The molecule has 1 aliphatic rings. The van der Waals surface area contributed by atoms with Crippen LogP contribution in [0.1, 0.15) is 38.2 Å². The molecule has 1 amide bonds. The van der Waals surface area contributed by atoms with Crippen LogP contribution in [-0.4, -0.2) is 34.5 Å². The molecule has 20 heavy (non-hydrogen) atoms. The molecule has 1 fully saturated rings. The molecule has 0 bridgehead atoms. The van der Waals surface area contributed by atoms with Gasteiger partial charge >= 0.3 is 0 Å². The Morgan fingerprint density at radius 2 is 2.20 bits per heavy atom. The molecule has 5 heteroatoms. The molecule has 1 aliphatic heterocycles. The molecule has 0 radical (unpaired) electrons. The Morgan fingerprint density at radius 3 is 2.80 bits per heavy atom. The molecule has 2 heterocycles. The third-order valence-electron chi connectivity index (χ3n) is 3.94. The maximum atomic E-state index is 12.5. The summed E-state index contributed by atoms with van der Waals surface area (Å²) in [5.74, 6) is 1.07. The zero-order valence-corrected chi connectivity index (χ0v) is 13.5. The number of hydrogen-bond donors (Lipinski definition) is 1.